The molecule has 3 nitrogen and oxygen atoms in total. The highest BCUT2D eigenvalue weighted by molar-refractivity contribution is 5.89. The summed E-state index contributed by atoms with van der Waals surface area (Å²) < 4.78 is 10.9. The van der Waals surface area contributed by atoms with Gasteiger partial charge in [-0.2, -0.15) is 0 Å². The summed E-state index contributed by atoms with van der Waals surface area (Å²) >= 11 is 0. The number of ether oxygens (including phenoxy) is 2. The zero-order valence-corrected chi connectivity index (χ0v) is 12.6. The lowest BCUT2D eigenvalue weighted by atomic mass is 10.1. The van der Waals surface area contributed by atoms with Crippen molar-refractivity contribution in [3.63, 3.8) is 0 Å². The van der Waals surface area contributed by atoms with E-state index in [2.05, 4.69) is 13.0 Å². The number of carbonyl (C=O) groups is 1. The van der Waals surface area contributed by atoms with Crippen molar-refractivity contribution >= 4 is 5.97 Å². The zero-order chi connectivity index (χ0) is 15.2. The number of benzene rings is 2. The Kier molecular flexibility index (Phi) is 4.99. The van der Waals surface area contributed by atoms with Crippen LogP contribution in [0.25, 0.3) is 0 Å². The van der Waals surface area contributed by atoms with Crippen molar-refractivity contribution in [1.82, 2.24) is 0 Å². The van der Waals surface area contributed by atoms with E-state index >= 15 is 0 Å². The van der Waals surface area contributed by atoms with Crippen molar-refractivity contribution in [1.29, 1.82) is 0 Å². The first-order valence-corrected chi connectivity index (χ1v) is 7.04. The van der Waals surface area contributed by atoms with Crippen LogP contribution in [0.3, 0.4) is 0 Å². The molecule has 0 heterocycles. The highest BCUT2D eigenvalue weighted by Crippen LogP contribution is 2.16. The van der Waals surface area contributed by atoms with E-state index in [-0.39, 0.29) is 12.1 Å². The summed E-state index contributed by atoms with van der Waals surface area (Å²) in [5, 5.41) is 0. The summed E-state index contributed by atoms with van der Waals surface area (Å²) in [7, 11) is 0. The monoisotopic (exact) mass is 284 g/mol. The van der Waals surface area contributed by atoms with Gasteiger partial charge in [0.25, 0.3) is 0 Å². The van der Waals surface area contributed by atoms with E-state index in [1.54, 1.807) is 24.3 Å². The highest BCUT2D eigenvalue weighted by atomic mass is 16.5. The molecule has 0 spiro atoms. The van der Waals surface area contributed by atoms with Gasteiger partial charge >= 0.3 is 5.97 Å². The Labute approximate surface area is 125 Å². The molecule has 3 heteroatoms. The molecule has 0 unspecified atom stereocenters. The number of hydrogen-bond donors (Lipinski definition) is 0. The third-order valence-electron chi connectivity index (χ3n) is 3.09. The van der Waals surface area contributed by atoms with Crippen LogP contribution < -0.4 is 4.74 Å². The molecule has 0 aromatic heterocycles. The molecule has 0 aliphatic rings. The van der Waals surface area contributed by atoms with E-state index in [1.807, 2.05) is 32.0 Å². The Hall–Kier alpha value is -2.29. The van der Waals surface area contributed by atoms with E-state index in [9.17, 15) is 4.79 Å². The molecule has 2 aromatic rings. The van der Waals surface area contributed by atoms with Gasteiger partial charge in [-0.15, -0.1) is 0 Å². The van der Waals surface area contributed by atoms with Gasteiger partial charge in [0, 0.05) is 0 Å². The van der Waals surface area contributed by atoms with Crippen LogP contribution in [0, 0.1) is 6.92 Å². The molecule has 0 amide bonds. The maximum Gasteiger partial charge on any atom is 0.338 e. The van der Waals surface area contributed by atoms with Crippen LogP contribution in [-0.2, 0) is 11.3 Å². The van der Waals surface area contributed by atoms with Gasteiger partial charge in [0.15, 0.2) is 0 Å². The minimum absolute atomic E-state index is 0.116. The zero-order valence-electron chi connectivity index (χ0n) is 12.6. The van der Waals surface area contributed by atoms with Crippen LogP contribution in [-0.4, -0.2) is 12.1 Å². The molecule has 21 heavy (non-hydrogen) atoms. The van der Waals surface area contributed by atoms with Crippen molar-refractivity contribution in [3.8, 4) is 5.75 Å². The topological polar surface area (TPSA) is 35.5 Å². The smallest absolute Gasteiger partial charge is 0.338 e. The second-order valence-corrected chi connectivity index (χ2v) is 5.19. The van der Waals surface area contributed by atoms with Crippen LogP contribution in [0.15, 0.2) is 48.5 Å². The second-order valence-electron chi connectivity index (χ2n) is 5.19. The fraction of sp³-hybridized carbons (Fsp3) is 0.278. The van der Waals surface area contributed by atoms with Crippen LogP contribution >= 0.6 is 0 Å². The lowest BCUT2D eigenvalue weighted by Crippen LogP contribution is -2.11. The van der Waals surface area contributed by atoms with Crippen LogP contribution in [0.4, 0.5) is 0 Å². The maximum absolute atomic E-state index is 11.7. The van der Waals surface area contributed by atoms with E-state index < -0.39 is 0 Å². The van der Waals surface area contributed by atoms with Gasteiger partial charge in [-0.05, 0) is 56.2 Å². The number of rotatable bonds is 5. The molecule has 0 aliphatic heterocycles. The molecule has 0 bridgehead atoms. The molecule has 0 saturated heterocycles. The molecule has 2 aromatic carbocycles. The largest absolute Gasteiger partial charge is 0.489 e. The first-order valence-electron chi connectivity index (χ1n) is 7.04. The highest BCUT2D eigenvalue weighted by Gasteiger charge is 2.09. The fourth-order valence-electron chi connectivity index (χ4n) is 1.90. The number of hydrogen-bond acceptors (Lipinski definition) is 3. The third kappa shape index (κ3) is 4.35. The summed E-state index contributed by atoms with van der Waals surface area (Å²) in [6.45, 7) is 6.24. The average Bonchev–Trinajstić information content (AvgIpc) is 2.46. The quantitative estimate of drug-likeness (QED) is 0.774. The molecule has 0 aliphatic carbocycles. The standard InChI is InChI=1S/C18H20O3/c1-13(2)21-18(19)15-8-10-17(11-9-15)20-12-16-7-5-4-6-14(16)3/h4-11,13H,12H2,1-3H3. The van der Waals surface area contributed by atoms with Gasteiger partial charge in [0.1, 0.15) is 12.4 Å². The molecular weight excluding hydrogens is 264 g/mol. The van der Waals surface area contributed by atoms with Gasteiger partial charge in [-0.1, -0.05) is 24.3 Å². The second kappa shape index (κ2) is 6.93. The van der Waals surface area contributed by atoms with E-state index in [1.165, 1.54) is 5.56 Å². The van der Waals surface area contributed by atoms with Crippen molar-refractivity contribution in [3.05, 3.63) is 65.2 Å². The summed E-state index contributed by atoms with van der Waals surface area (Å²) in [4.78, 5) is 11.7. The van der Waals surface area contributed by atoms with Gasteiger partial charge in [0.05, 0.1) is 11.7 Å². The van der Waals surface area contributed by atoms with Crippen LogP contribution in [0.1, 0.15) is 35.3 Å². The van der Waals surface area contributed by atoms with E-state index in [0.29, 0.717) is 12.2 Å². The van der Waals surface area contributed by atoms with Crippen LogP contribution in [0.2, 0.25) is 0 Å². The first-order chi connectivity index (χ1) is 10.1. The predicted octanol–water partition coefficient (Wildman–Crippen LogP) is 4.14. The number of carbonyl (C=O) groups excluding carboxylic acids is 1. The predicted molar refractivity (Wildman–Crippen MR) is 82.5 cm³/mol. The molecule has 0 atom stereocenters. The van der Waals surface area contributed by atoms with Gasteiger partial charge in [0.2, 0.25) is 0 Å². The van der Waals surface area contributed by atoms with Crippen molar-refractivity contribution < 1.29 is 14.3 Å². The Balaban J connectivity index is 1.97. The minimum Gasteiger partial charge on any atom is -0.489 e. The Morgan fingerprint density at radius 3 is 2.33 bits per heavy atom. The van der Waals surface area contributed by atoms with Gasteiger partial charge in [-0.3, -0.25) is 0 Å². The third-order valence-corrected chi connectivity index (χ3v) is 3.09. The Morgan fingerprint density at radius 2 is 1.71 bits per heavy atom. The fourth-order valence-corrected chi connectivity index (χ4v) is 1.90. The Morgan fingerprint density at radius 1 is 1.05 bits per heavy atom. The normalized spacial score (nSPS) is 10.5. The Bertz CT molecular complexity index is 600. The summed E-state index contributed by atoms with van der Waals surface area (Å²) in [6, 6.07) is 15.1. The van der Waals surface area contributed by atoms with E-state index in [4.69, 9.17) is 9.47 Å². The average molecular weight is 284 g/mol. The van der Waals surface area contributed by atoms with Gasteiger partial charge < -0.3 is 9.47 Å². The molecule has 0 saturated carbocycles. The first kappa shape index (κ1) is 15.1. The van der Waals surface area contributed by atoms with E-state index in [0.717, 1.165) is 11.3 Å². The maximum atomic E-state index is 11.7. The van der Waals surface area contributed by atoms with Crippen molar-refractivity contribution in [2.24, 2.45) is 0 Å². The molecular formula is C18H20O3. The van der Waals surface area contributed by atoms with Crippen molar-refractivity contribution in [2.45, 2.75) is 33.5 Å². The van der Waals surface area contributed by atoms with Crippen LogP contribution in [0.5, 0.6) is 5.75 Å². The lowest BCUT2D eigenvalue weighted by Gasteiger charge is -2.10. The molecule has 0 fully saturated rings. The minimum atomic E-state index is -0.310. The summed E-state index contributed by atoms with van der Waals surface area (Å²) in [5.74, 6) is 0.426. The molecule has 2 rings (SSSR count). The summed E-state index contributed by atoms with van der Waals surface area (Å²) in [6.07, 6.45) is -0.116. The number of esters is 1. The number of aryl methyl sites for hydroxylation is 1. The summed E-state index contributed by atoms with van der Waals surface area (Å²) in [5.41, 5.74) is 2.89. The SMILES string of the molecule is Cc1ccccc1COc1ccc(C(=O)OC(C)C)cc1. The van der Waals surface area contributed by atoms with Gasteiger partial charge in [-0.25, -0.2) is 4.79 Å². The molecule has 0 N–H and O–H groups in total. The van der Waals surface area contributed by atoms with Crippen molar-refractivity contribution in [2.75, 3.05) is 0 Å². The molecule has 0 radical (unpaired) electrons. The lowest BCUT2D eigenvalue weighted by molar-refractivity contribution is 0.0378. The molecule has 110 valence electrons.